The molecule has 1 aromatic carbocycles. The van der Waals surface area contributed by atoms with Crippen molar-refractivity contribution >= 4 is 17.2 Å². The van der Waals surface area contributed by atoms with E-state index in [1.165, 1.54) is 4.52 Å². The van der Waals surface area contributed by atoms with Gasteiger partial charge in [-0.2, -0.15) is 9.61 Å². The molecule has 28 heavy (non-hydrogen) atoms. The predicted octanol–water partition coefficient (Wildman–Crippen LogP) is 2.90. The Hall–Kier alpha value is -3.09. The van der Waals surface area contributed by atoms with E-state index in [1.807, 2.05) is 36.9 Å². The fraction of sp³-hybridized carbons (Fsp3) is 0.381. The Morgan fingerprint density at radius 1 is 1.25 bits per heavy atom. The molecule has 0 bridgehead atoms. The van der Waals surface area contributed by atoms with Gasteiger partial charge in [-0.3, -0.25) is 9.59 Å². The van der Waals surface area contributed by atoms with E-state index in [9.17, 15) is 9.59 Å². The van der Waals surface area contributed by atoms with Gasteiger partial charge in [0.25, 0.3) is 11.5 Å². The number of nitrogens with one attached hydrogen (secondary N) is 1. The fourth-order valence-electron chi connectivity index (χ4n) is 4.02. The monoisotopic (exact) mass is 379 g/mol. The summed E-state index contributed by atoms with van der Waals surface area (Å²) in [6.07, 6.45) is 2.77. The van der Waals surface area contributed by atoms with Crippen LogP contribution in [0.25, 0.3) is 5.65 Å². The van der Waals surface area contributed by atoms with E-state index in [4.69, 9.17) is 5.73 Å². The lowest BCUT2D eigenvalue weighted by molar-refractivity contribution is 0.0606. The Bertz CT molecular complexity index is 1110. The fourth-order valence-corrected chi connectivity index (χ4v) is 4.02. The first-order chi connectivity index (χ1) is 13.4. The highest BCUT2D eigenvalue weighted by atomic mass is 16.2. The molecule has 0 spiro atoms. The molecule has 146 valence electrons. The molecular weight excluding hydrogens is 354 g/mol. The third kappa shape index (κ3) is 2.87. The van der Waals surface area contributed by atoms with Crippen molar-refractivity contribution in [3.8, 4) is 0 Å². The van der Waals surface area contributed by atoms with E-state index >= 15 is 0 Å². The molecule has 1 aliphatic rings. The van der Waals surface area contributed by atoms with Crippen LogP contribution < -0.4 is 11.3 Å². The average Bonchev–Trinajstić information content (AvgIpc) is 3.10. The van der Waals surface area contributed by atoms with Gasteiger partial charge in [-0.25, -0.2) is 0 Å². The highest BCUT2D eigenvalue weighted by molar-refractivity contribution is 6.00. The van der Waals surface area contributed by atoms with Crippen LogP contribution in [0.15, 0.2) is 29.1 Å². The van der Waals surface area contributed by atoms with Crippen molar-refractivity contribution in [2.45, 2.75) is 46.1 Å². The number of hydrogen-bond donors (Lipinski definition) is 2. The third-order valence-corrected chi connectivity index (χ3v) is 5.74. The highest BCUT2D eigenvalue weighted by Gasteiger charge is 2.32. The number of aromatic amines is 1. The zero-order chi connectivity index (χ0) is 20.0. The van der Waals surface area contributed by atoms with Crippen molar-refractivity contribution in [3.63, 3.8) is 0 Å². The summed E-state index contributed by atoms with van der Waals surface area (Å²) in [6, 6.07) is 7.22. The van der Waals surface area contributed by atoms with Crippen LogP contribution in [0.1, 0.15) is 58.2 Å². The number of fused-ring (bicyclic) bond motifs is 1. The van der Waals surface area contributed by atoms with Crippen molar-refractivity contribution < 1.29 is 4.79 Å². The maximum Gasteiger partial charge on any atom is 0.277 e. The van der Waals surface area contributed by atoms with Gasteiger partial charge < -0.3 is 15.6 Å². The number of aromatic nitrogens is 3. The van der Waals surface area contributed by atoms with Crippen LogP contribution in [0, 0.1) is 20.8 Å². The quantitative estimate of drug-likeness (QED) is 0.669. The van der Waals surface area contributed by atoms with Crippen molar-refractivity contribution in [2.24, 2.45) is 0 Å². The lowest BCUT2D eigenvalue weighted by Gasteiger charge is -2.35. The molecule has 3 aromatic rings. The zero-order valence-electron chi connectivity index (χ0n) is 16.5. The van der Waals surface area contributed by atoms with Gasteiger partial charge in [-0.05, 0) is 51.7 Å². The number of nitrogens with zero attached hydrogens (tertiary/aromatic N) is 3. The van der Waals surface area contributed by atoms with Crippen molar-refractivity contribution in [2.75, 3.05) is 12.3 Å². The molecule has 3 N–H and O–H groups in total. The third-order valence-electron chi connectivity index (χ3n) is 5.74. The lowest BCUT2D eigenvalue weighted by Crippen LogP contribution is -2.39. The number of benzene rings is 1. The normalized spacial score (nSPS) is 17.2. The number of likely N-dealkylation sites (tertiary alicyclic amines) is 1. The molecule has 3 heterocycles. The molecule has 1 amide bonds. The van der Waals surface area contributed by atoms with Crippen LogP contribution in [0.2, 0.25) is 0 Å². The number of nitrogen functional groups attached to an aromatic ring is 1. The Balaban J connectivity index is 1.78. The first kappa shape index (κ1) is 18.3. The Kier molecular flexibility index (Phi) is 4.45. The number of carbonyl (C=O) groups is 1. The van der Waals surface area contributed by atoms with Crippen molar-refractivity contribution in [1.82, 2.24) is 19.5 Å². The topological polar surface area (TPSA) is 96.5 Å². The zero-order valence-corrected chi connectivity index (χ0v) is 16.5. The summed E-state index contributed by atoms with van der Waals surface area (Å²) in [5, 5.41) is 4.56. The van der Waals surface area contributed by atoms with E-state index < -0.39 is 0 Å². The first-order valence-electron chi connectivity index (χ1n) is 9.63. The summed E-state index contributed by atoms with van der Waals surface area (Å²) in [5.41, 5.74) is 10.8. The number of anilines is 1. The summed E-state index contributed by atoms with van der Waals surface area (Å²) < 4.78 is 1.40. The predicted molar refractivity (Wildman–Crippen MR) is 109 cm³/mol. The maximum absolute atomic E-state index is 13.4. The molecule has 2 aromatic heterocycles. The van der Waals surface area contributed by atoms with Gasteiger partial charge in [0.15, 0.2) is 0 Å². The second-order valence-electron chi connectivity index (χ2n) is 7.60. The highest BCUT2D eigenvalue weighted by Crippen LogP contribution is 2.33. The number of rotatable bonds is 2. The average molecular weight is 379 g/mol. The van der Waals surface area contributed by atoms with E-state index in [0.717, 1.165) is 36.2 Å². The molecule has 0 aliphatic carbocycles. The lowest BCUT2D eigenvalue weighted by atomic mass is 9.96. The number of H-pyrrole nitrogens is 1. The van der Waals surface area contributed by atoms with Crippen molar-refractivity contribution in [3.05, 3.63) is 62.7 Å². The molecule has 0 saturated carbocycles. The molecule has 1 aliphatic heterocycles. The van der Waals surface area contributed by atoms with E-state index in [0.29, 0.717) is 29.0 Å². The second-order valence-corrected chi connectivity index (χ2v) is 7.60. The van der Waals surface area contributed by atoms with Crippen LogP contribution in [0.3, 0.4) is 0 Å². The molecule has 7 nitrogen and oxygen atoms in total. The van der Waals surface area contributed by atoms with Crippen LogP contribution in [0.4, 0.5) is 5.69 Å². The molecule has 0 radical (unpaired) electrons. The molecule has 1 saturated heterocycles. The van der Waals surface area contributed by atoms with Gasteiger partial charge in [-0.1, -0.05) is 12.1 Å². The summed E-state index contributed by atoms with van der Waals surface area (Å²) in [4.78, 5) is 31.0. The minimum absolute atomic E-state index is 0.0731. The summed E-state index contributed by atoms with van der Waals surface area (Å²) in [7, 11) is 0. The summed E-state index contributed by atoms with van der Waals surface area (Å²) in [5.74, 6) is -0.0731. The number of carbonyl (C=O) groups excluding carboxylic acids is 1. The maximum atomic E-state index is 13.4. The standard InChI is InChI=1S/C21H25N5O2/c1-12-7-6-8-15(22)19(12)21(28)25-10-5-4-9-17(25)16-11-18-23-14(3)13(2)20(27)26(18)24-16/h6-8,11,17,23H,4-5,9-10,22H2,1-3H3. The van der Waals surface area contributed by atoms with E-state index in [-0.39, 0.29) is 17.5 Å². The summed E-state index contributed by atoms with van der Waals surface area (Å²) in [6.45, 7) is 6.21. The minimum Gasteiger partial charge on any atom is -0.398 e. The van der Waals surface area contributed by atoms with Gasteiger partial charge in [0.2, 0.25) is 0 Å². The number of hydrogen-bond acceptors (Lipinski definition) is 4. The molecule has 1 atom stereocenters. The molecule has 7 heteroatoms. The Labute approximate surface area is 163 Å². The Morgan fingerprint density at radius 3 is 2.79 bits per heavy atom. The number of amides is 1. The molecular formula is C21H25N5O2. The number of aryl methyl sites for hydroxylation is 2. The Morgan fingerprint density at radius 2 is 2.04 bits per heavy atom. The van der Waals surface area contributed by atoms with Crippen molar-refractivity contribution in [1.29, 1.82) is 0 Å². The molecule has 4 rings (SSSR count). The molecule has 1 unspecified atom stereocenters. The number of piperidine rings is 1. The van der Waals surface area contributed by atoms with Crippen LogP contribution in [-0.2, 0) is 0 Å². The SMILES string of the molecule is Cc1cccc(N)c1C(=O)N1CCCCC1c1cc2[nH]c(C)c(C)c(=O)n2n1. The minimum atomic E-state index is -0.173. The van der Waals surface area contributed by atoms with E-state index in [1.54, 1.807) is 13.0 Å². The van der Waals surface area contributed by atoms with Gasteiger partial charge >= 0.3 is 0 Å². The largest absolute Gasteiger partial charge is 0.398 e. The number of nitrogens with two attached hydrogens (primary N) is 1. The van der Waals surface area contributed by atoms with E-state index in [2.05, 4.69) is 10.1 Å². The smallest absolute Gasteiger partial charge is 0.277 e. The van der Waals surface area contributed by atoms with Crippen LogP contribution >= 0.6 is 0 Å². The summed E-state index contributed by atoms with van der Waals surface area (Å²) >= 11 is 0. The molecule has 1 fully saturated rings. The van der Waals surface area contributed by atoms with Gasteiger partial charge in [0, 0.05) is 29.6 Å². The second kappa shape index (κ2) is 6.82. The van der Waals surface area contributed by atoms with Crippen LogP contribution in [-0.4, -0.2) is 31.9 Å². The van der Waals surface area contributed by atoms with Gasteiger partial charge in [0.05, 0.1) is 17.3 Å². The van der Waals surface area contributed by atoms with Gasteiger partial charge in [0.1, 0.15) is 5.65 Å². The van der Waals surface area contributed by atoms with Gasteiger partial charge in [-0.15, -0.1) is 0 Å². The first-order valence-corrected chi connectivity index (χ1v) is 9.63. The van der Waals surface area contributed by atoms with Crippen LogP contribution in [0.5, 0.6) is 0 Å².